The summed E-state index contributed by atoms with van der Waals surface area (Å²) in [6, 6.07) is 12.2. The second-order valence-electron chi connectivity index (χ2n) is 5.02. The maximum absolute atomic E-state index is 13.7. The van der Waals surface area contributed by atoms with E-state index in [0.29, 0.717) is 13.0 Å². The molecule has 3 rings (SSSR count). The average Bonchev–Trinajstić information content (AvgIpc) is 2.50. The molecule has 0 aliphatic carbocycles. The molecule has 5 heteroatoms. The molecular formula is C16H14BrFN2O. The van der Waals surface area contributed by atoms with Gasteiger partial charge in [0, 0.05) is 11.0 Å². The highest BCUT2D eigenvalue weighted by Crippen LogP contribution is 2.21. The zero-order valence-electron chi connectivity index (χ0n) is 11.2. The molecule has 0 saturated carbocycles. The Morgan fingerprint density at radius 3 is 2.81 bits per heavy atom. The van der Waals surface area contributed by atoms with Gasteiger partial charge in [0.2, 0.25) is 5.91 Å². The van der Waals surface area contributed by atoms with Crippen LogP contribution >= 0.6 is 15.9 Å². The zero-order chi connectivity index (χ0) is 14.8. The molecule has 1 aliphatic heterocycles. The van der Waals surface area contributed by atoms with E-state index >= 15 is 0 Å². The number of halogens is 2. The molecule has 0 fully saturated rings. The smallest absolute Gasteiger partial charge is 0.241 e. The van der Waals surface area contributed by atoms with E-state index in [4.69, 9.17) is 0 Å². The van der Waals surface area contributed by atoms with Crippen LogP contribution in [0.25, 0.3) is 0 Å². The summed E-state index contributed by atoms with van der Waals surface area (Å²) < 4.78 is 14.4. The van der Waals surface area contributed by atoms with Crippen LogP contribution in [0.5, 0.6) is 0 Å². The number of carbonyl (C=O) groups excluding carboxylic acids is 1. The molecule has 0 bridgehead atoms. The molecule has 0 saturated heterocycles. The number of anilines is 1. The Balaban J connectivity index is 1.74. The van der Waals surface area contributed by atoms with E-state index in [9.17, 15) is 9.18 Å². The van der Waals surface area contributed by atoms with Gasteiger partial charge in [0.15, 0.2) is 0 Å². The normalized spacial score (nSPS) is 17.1. The lowest BCUT2D eigenvalue weighted by Crippen LogP contribution is -2.44. The van der Waals surface area contributed by atoms with Gasteiger partial charge in [-0.25, -0.2) is 4.39 Å². The number of rotatable bonds is 2. The van der Waals surface area contributed by atoms with Crippen LogP contribution in [-0.4, -0.2) is 11.9 Å². The van der Waals surface area contributed by atoms with Crippen molar-refractivity contribution in [3.63, 3.8) is 0 Å². The summed E-state index contributed by atoms with van der Waals surface area (Å²) in [7, 11) is 0. The third-order valence-corrected chi connectivity index (χ3v) is 4.08. The van der Waals surface area contributed by atoms with E-state index in [1.807, 2.05) is 24.3 Å². The SMILES string of the molecule is O=C(Nc1cc(Br)ccc1F)C1Cc2ccccc2CN1. The highest BCUT2D eigenvalue weighted by molar-refractivity contribution is 9.10. The molecule has 2 aromatic carbocycles. The zero-order valence-corrected chi connectivity index (χ0v) is 12.8. The fourth-order valence-corrected chi connectivity index (χ4v) is 2.81. The first-order valence-electron chi connectivity index (χ1n) is 6.69. The standard InChI is InChI=1S/C16H14BrFN2O/c17-12-5-6-13(18)14(8-12)20-16(21)15-7-10-3-1-2-4-11(10)9-19-15/h1-6,8,15,19H,7,9H2,(H,20,21). The number of amides is 1. The molecule has 1 atom stereocenters. The van der Waals surface area contributed by atoms with Crippen LogP contribution in [0.4, 0.5) is 10.1 Å². The Kier molecular flexibility index (Phi) is 4.03. The molecule has 1 unspecified atom stereocenters. The molecule has 1 heterocycles. The van der Waals surface area contributed by atoms with Crippen LogP contribution in [-0.2, 0) is 17.8 Å². The molecule has 21 heavy (non-hydrogen) atoms. The van der Waals surface area contributed by atoms with Crippen molar-refractivity contribution in [1.82, 2.24) is 5.32 Å². The maximum Gasteiger partial charge on any atom is 0.241 e. The molecular weight excluding hydrogens is 335 g/mol. The van der Waals surface area contributed by atoms with Crippen LogP contribution in [0, 0.1) is 5.82 Å². The third-order valence-electron chi connectivity index (χ3n) is 3.58. The van der Waals surface area contributed by atoms with Crippen molar-refractivity contribution >= 4 is 27.5 Å². The van der Waals surface area contributed by atoms with Gasteiger partial charge in [-0.3, -0.25) is 4.79 Å². The Morgan fingerprint density at radius 1 is 1.24 bits per heavy atom. The molecule has 0 spiro atoms. The van der Waals surface area contributed by atoms with Crippen LogP contribution in [0.15, 0.2) is 46.9 Å². The van der Waals surface area contributed by atoms with Crippen LogP contribution in [0.3, 0.4) is 0 Å². The molecule has 2 aromatic rings. The predicted molar refractivity (Wildman–Crippen MR) is 83.5 cm³/mol. The number of hydrogen-bond donors (Lipinski definition) is 2. The Bertz CT molecular complexity index is 690. The minimum atomic E-state index is -0.442. The van der Waals surface area contributed by atoms with Crippen molar-refractivity contribution in [3.05, 3.63) is 63.9 Å². The summed E-state index contributed by atoms with van der Waals surface area (Å²) in [5.41, 5.74) is 2.55. The van der Waals surface area contributed by atoms with E-state index in [0.717, 1.165) is 10.0 Å². The van der Waals surface area contributed by atoms with Crippen molar-refractivity contribution in [2.75, 3.05) is 5.32 Å². The van der Waals surface area contributed by atoms with E-state index in [2.05, 4.69) is 26.6 Å². The van der Waals surface area contributed by atoms with Gasteiger partial charge in [-0.1, -0.05) is 40.2 Å². The van der Waals surface area contributed by atoms with E-state index < -0.39 is 5.82 Å². The lowest BCUT2D eigenvalue weighted by Gasteiger charge is -2.25. The second kappa shape index (κ2) is 5.95. The number of carbonyl (C=O) groups is 1. The Labute approximate surface area is 130 Å². The fraction of sp³-hybridized carbons (Fsp3) is 0.188. The minimum absolute atomic E-state index is 0.190. The van der Waals surface area contributed by atoms with Gasteiger partial charge in [-0.15, -0.1) is 0 Å². The number of fused-ring (bicyclic) bond motifs is 1. The number of nitrogens with one attached hydrogen (secondary N) is 2. The van der Waals surface area contributed by atoms with Gasteiger partial charge in [0.25, 0.3) is 0 Å². The summed E-state index contributed by atoms with van der Waals surface area (Å²) in [6.07, 6.45) is 0.609. The van der Waals surface area contributed by atoms with Gasteiger partial charge in [-0.05, 0) is 35.7 Å². The van der Waals surface area contributed by atoms with E-state index in [1.165, 1.54) is 11.6 Å². The van der Waals surface area contributed by atoms with Crippen molar-refractivity contribution < 1.29 is 9.18 Å². The topological polar surface area (TPSA) is 41.1 Å². The predicted octanol–water partition coefficient (Wildman–Crippen LogP) is 3.24. The first-order valence-corrected chi connectivity index (χ1v) is 7.49. The van der Waals surface area contributed by atoms with E-state index in [-0.39, 0.29) is 17.6 Å². The molecule has 2 N–H and O–H groups in total. The minimum Gasteiger partial charge on any atom is -0.322 e. The summed E-state index contributed by atoms with van der Waals surface area (Å²) in [5, 5.41) is 5.83. The molecule has 108 valence electrons. The van der Waals surface area contributed by atoms with Crippen LogP contribution in [0.2, 0.25) is 0 Å². The highest BCUT2D eigenvalue weighted by atomic mass is 79.9. The second-order valence-corrected chi connectivity index (χ2v) is 5.94. The Morgan fingerprint density at radius 2 is 2.00 bits per heavy atom. The maximum atomic E-state index is 13.7. The van der Waals surface area contributed by atoms with Crippen molar-refractivity contribution in [2.45, 2.75) is 19.0 Å². The van der Waals surface area contributed by atoms with Gasteiger partial charge >= 0.3 is 0 Å². The lowest BCUT2D eigenvalue weighted by atomic mass is 9.95. The van der Waals surface area contributed by atoms with Gasteiger partial charge in [-0.2, -0.15) is 0 Å². The van der Waals surface area contributed by atoms with E-state index in [1.54, 1.807) is 12.1 Å². The van der Waals surface area contributed by atoms with Crippen molar-refractivity contribution in [2.24, 2.45) is 0 Å². The highest BCUT2D eigenvalue weighted by Gasteiger charge is 2.24. The van der Waals surface area contributed by atoms with Gasteiger partial charge in [0.05, 0.1) is 11.7 Å². The monoisotopic (exact) mass is 348 g/mol. The summed E-state index contributed by atoms with van der Waals surface area (Å²) in [5.74, 6) is -0.663. The van der Waals surface area contributed by atoms with Crippen LogP contribution in [0.1, 0.15) is 11.1 Å². The third kappa shape index (κ3) is 3.14. The summed E-state index contributed by atoms with van der Waals surface area (Å²) in [4.78, 5) is 12.3. The number of hydrogen-bond acceptors (Lipinski definition) is 2. The van der Waals surface area contributed by atoms with Crippen molar-refractivity contribution in [3.8, 4) is 0 Å². The van der Waals surface area contributed by atoms with Crippen molar-refractivity contribution in [1.29, 1.82) is 0 Å². The van der Waals surface area contributed by atoms with Gasteiger partial charge in [0.1, 0.15) is 5.82 Å². The largest absolute Gasteiger partial charge is 0.322 e. The molecule has 0 radical (unpaired) electrons. The molecule has 0 aromatic heterocycles. The summed E-state index contributed by atoms with van der Waals surface area (Å²) >= 11 is 3.27. The van der Waals surface area contributed by atoms with Crippen LogP contribution < -0.4 is 10.6 Å². The van der Waals surface area contributed by atoms with Gasteiger partial charge < -0.3 is 10.6 Å². The fourth-order valence-electron chi connectivity index (χ4n) is 2.45. The average molecular weight is 349 g/mol. The lowest BCUT2D eigenvalue weighted by molar-refractivity contribution is -0.118. The Hall–Kier alpha value is -1.72. The summed E-state index contributed by atoms with van der Waals surface area (Å²) in [6.45, 7) is 0.648. The molecule has 1 amide bonds. The first kappa shape index (κ1) is 14.2. The quantitative estimate of drug-likeness (QED) is 0.874. The molecule has 1 aliphatic rings. The molecule has 3 nitrogen and oxygen atoms in total. The first-order chi connectivity index (χ1) is 10.1. The number of benzene rings is 2.